The molecule has 0 unspecified atom stereocenters. The van der Waals surface area contributed by atoms with Gasteiger partial charge >= 0.3 is 6.18 Å². The second kappa shape index (κ2) is 8.93. The fourth-order valence-corrected chi connectivity index (χ4v) is 4.19. The summed E-state index contributed by atoms with van der Waals surface area (Å²) in [6, 6.07) is 5.73. The molecule has 12 heteroatoms. The van der Waals surface area contributed by atoms with Crippen molar-refractivity contribution >= 4 is 34.4 Å². The number of likely N-dealkylation sites (N-methyl/N-ethyl adjacent to an activating group) is 2. The van der Waals surface area contributed by atoms with Gasteiger partial charge in [-0.25, -0.2) is 9.97 Å². The maximum Gasteiger partial charge on any atom is 0.433 e. The van der Waals surface area contributed by atoms with Crippen LogP contribution in [0.1, 0.15) is 31.3 Å². The van der Waals surface area contributed by atoms with Crippen molar-refractivity contribution in [2.45, 2.75) is 32.0 Å². The zero-order valence-electron chi connectivity index (χ0n) is 18.6. The van der Waals surface area contributed by atoms with Crippen LogP contribution in [-0.2, 0) is 15.8 Å². The number of hydrogen-bond acceptors (Lipinski definition) is 7. The summed E-state index contributed by atoms with van der Waals surface area (Å²) >= 11 is 0. The largest absolute Gasteiger partial charge is 0.433 e. The Hall–Kier alpha value is -3.67. The Morgan fingerprint density at radius 2 is 1.97 bits per heavy atom. The lowest BCUT2D eigenvalue weighted by Crippen LogP contribution is -2.44. The molecule has 0 radical (unpaired) electrons. The van der Waals surface area contributed by atoms with Crippen LogP contribution in [0.15, 0.2) is 36.3 Å². The molecule has 9 nitrogen and oxygen atoms in total. The molecule has 4 N–H and O–H groups in total. The smallest absolute Gasteiger partial charge is 0.365 e. The van der Waals surface area contributed by atoms with Crippen LogP contribution in [0.3, 0.4) is 0 Å². The normalized spacial score (nSPS) is 19.3. The maximum absolute atomic E-state index is 13.1. The lowest BCUT2D eigenvalue weighted by molar-refractivity contribution is -0.141. The molecule has 180 valence electrons. The molecule has 1 saturated heterocycles. The van der Waals surface area contributed by atoms with E-state index in [1.54, 1.807) is 23.1 Å². The number of carbonyl (C=O) groups excluding carboxylic acids is 2. The monoisotopic (exact) mass is 475 g/mol. The molecule has 2 amide bonds. The summed E-state index contributed by atoms with van der Waals surface area (Å²) in [5.74, 6) is -1.40. The predicted molar refractivity (Wildman–Crippen MR) is 121 cm³/mol. The molecule has 4 rings (SSSR count). The quantitative estimate of drug-likeness (QED) is 0.570. The average Bonchev–Trinajstić information content (AvgIpc) is 3.39. The van der Waals surface area contributed by atoms with Gasteiger partial charge in [-0.2, -0.15) is 13.2 Å². The molecule has 34 heavy (non-hydrogen) atoms. The van der Waals surface area contributed by atoms with E-state index in [1.165, 1.54) is 0 Å². The summed E-state index contributed by atoms with van der Waals surface area (Å²) in [4.78, 5) is 36.3. The van der Waals surface area contributed by atoms with E-state index in [0.717, 1.165) is 25.6 Å². The van der Waals surface area contributed by atoms with Crippen molar-refractivity contribution in [3.05, 3.63) is 47.8 Å². The number of nitrogens with zero attached hydrogens (tertiary/aromatic N) is 4. The first-order valence-corrected chi connectivity index (χ1v) is 10.7. The van der Waals surface area contributed by atoms with Crippen LogP contribution < -0.4 is 21.3 Å². The van der Waals surface area contributed by atoms with Crippen LogP contribution in [0.2, 0.25) is 0 Å². The van der Waals surface area contributed by atoms with Gasteiger partial charge in [0.05, 0.1) is 17.4 Å². The number of carbonyl (C=O) groups is 2. The molecule has 2 aliphatic heterocycles. The van der Waals surface area contributed by atoms with Crippen LogP contribution in [-0.4, -0.2) is 52.9 Å². The summed E-state index contributed by atoms with van der Waals surface area (Å²) in [6.45, 7) is 3.21. The van der Waals surface area contributed by atoms with Crippen molar-refractivity contribution in [3.8, 4) is 0 Å². The topological polar surface area (TPSA) is 116 Å². The molecule has 3 heterocycles. The van der Waals surface area contributed by atoms with Crippen LogP contribution in [0.5, 0.6) is 0 Å². The lowest BCUT2D eigenvalue weighted by atomic mass is 10.1. The highest BCUT2D eigenvalue weighted by Crippen LogP contribution is 2.37. The zero-order chi connectivity index (χ0) is 24.6. The van der Waals surface area contributed by atoms with Crippen LogP contribution in [0, 0.1) is 0 Å². The minimum Gasteiger partial charge on any atom is -0.365 e. The molecule has 0 bridgehead atoms. The molecular formula is C22H24F3N7O2. The van der Waals surface area contributed by atoms with E-state index in [2.05, 4.69) is 20.6 Å². The number of alkyl halides is 3. The van der Waals surface area contributed by atoms with Gasteiger partial charge in [0.2, 0.25) is 5.91 Å². The standard InChI is InChI=1S/C22H24F3N7O2/c1-3-32(21(34)15-5-4-10-31(15)2)12-6-7-13-14(11-12)29-20(28-13)17(18(26)33)19-27-9-8-16(30-19)22(23,24)25/h6-9,11,15,28-29H,3-5,10H2,1-2H3,(H2,26,33)/b20-17-/t15-/m0/s1. The van der Waals surface area contributed by atoms with Gasteiger partial charge in [0.25, 0.3) is 5.91 Å². The fraction of sp³-hybridized carbons (Fsp3) is 0.364. The van der Waals surface area contributed by atoms with E-state index in [9.17, 15) is 22.8 Å². The highest BCUT2D eigenvalue weighted by Gasteiger charge is 2.35. The number of aromatic nitrogens is 2. The van der Waals surface area contributed by atoms with E-state index in [1.807, 2.05) is 18.9 Å². The van der Waals surface area contributed by atoms with Crippen LogP contribution in [0.4, 0.5) is 30.2 Å². The number of halogens is 3. The number of anilines is 3. The number of nitrogens with one attached hydrogen (secondary N) is 2. The molecule has 1 fully saturated rings. The second-order valence-electron chi connectivity index (χ2n) is 8.08. The molecule has 2 aromatic rings. The predicted octanol–water partition coefficient (Wildman–Crippen LogP) is 2.63. The van der Waals surface area contributed by atoms with Crippen molar-refractivity contribution in [1.29, 1.82) is 0 Å². The van der Waals surface area contributed by atoms with Gasteiger partial charge < -0.3 is 21.3 Å². The molecule has 0 spiro atoms. The van der Waals surface area contributed by atoms with Gasteiger partial charge in [0.1, 0.15) is 17.1 Å². The Labute approximate surface area is 193 Å². The molecule has 1 aromatic carbocycles. The van der Waals surface area contributed by atoms with Crippen LogP contribution >= 0.6 is 0 Å². The van der Waals surface area contributed by atoms with Crippen molar-refractivity contribution in [2.75, 3.05) is 35.7 Å². The van der Waals surface area contributed by atoms with E-state index >= 15 is 0 Å². The van der Waals surface area contributed by atoms with Gasteiger partial charge in [-0.3, -0.25) is 14.5 Å². The number of rotatable bonds is 5. The average molecular weight is 475 g/mol. The van der Waals surface area contributed by atoms with E-state index in [4.69, 9.17) is 5.73 Å². The maximum atomic E-state index is 13.1. The highest BCUT2D eigenvalue weighted by molar-refractivity contribution is 6.20. The minimum absolute atomic E-state index is 0.000590. The van der Waals surface area contributed by atoms with Crippen molar-refractivity contribution in [3.63, 3.8) is 0 Å². The summed E-state index contributed by atoms with van der Waals surface area (Å²) in [5.41, 5.74) is 5.70. The molecular weight excluding hydrogens is 451 g/mol. The molecule has 2 aliphatic rings. The number of likely N-dealkylation sites (tertiary alicyclic amines) is 1. The minimum atomic E-state index is -4.71. The Balaban J connectivity index is 1.66. The van der Waals surface area contributed by atoms with Crippen molar-refractivity contribution in [1.82, 2.24) is 14.9 Å². The third-order valence-electron chi connectivity index (χ3n) is 5.89. The number of benzene rings is 1. The van der Waals surface area contributed by atoms with Gasteiger partial charge in [-0.1, -0.05) is 0 Å². The van der Waals surface area contributed by atoms with Gasteiger partial charge in [0.15, 0.2) is 5.82 Å². The van der Waals surface area contributed by atoms with Gasteiger partial charge in [0, 0.05) is 18.4 Å². The third kappa shape index (κ3) is 4.40. The first kappa shape index (κ1) is 23.5. The first-order valence-electron chi connectivity index (χ1n) is 10.7. The number of fused-ring (bicyclic) bond motifs is 1. The molecule has 1 aromatic heterocycles. The number of nitrogens with two attached hydrogens (primary N) is 1. The SMILES string of the molecule is CCN(C(=O)[C@@H]1CCCN1C)c1ccc2c(c1)N/C(=C(/C(N)=O)c1nccc(C(F)(F)F)n1)N2. The number of amides is 2. The Morgan fingerprint density at radius 1 is 1.24 bits per heavy atom. The second-order valence-corrected chi connectivity index (χ2v) is 8.08. The van der Waals surface area contributed by atoms with Crippen molar-refractivity contribution in [2.24, 2.45) is 5.73 Å². The molecule has 0 saturated carbocycles. The molecule has 0 aliphatic carbocycles. The number of hydrogen-bond donors (Lipinski definition) is 3. The summed E-state index contributed by atoms with van der Waals surface area (Å²) in [5, 5.41) is 5.91. The van der Waals surface area contributed by atoms with E-state index in [0.29, 0.717) is 29.7 Å². The summed E-state index contributed by atoms with van der Waals surface area (Å²) in [6.07, 6.45) is -2.03. The third-order valence-corrected chi connectivity index (χ3v) is 5.89. The first-order chi connectivity index (χ1) is 16.1. The zero-order valence-corrected chi connectivity index (χ0v) is 18.6. The highest BCUT2D eigenvalue weighted by atomic mass is 19.4. The Kier molecular flexibility index (Phi) is 6.17. The Bertz CT molecular complexity index is 1170. The fourth-order valence-electron chi connectivity index (χ4n) is 4.19. The summed E-state index contributed by atoms with van der Waals surface area (Å²) < 4.78 is 39.3. The van der Waals surface area contributed by atoms with Crippen molar-refractivity contribution < 1.29 is 22.8 Å². The van der Waals surface area contributed by atoms with Gasteiger partial charge in [-0.15, -0.1) is 0 Å². The van der Waals surface area contributed by atoms with E-state index in [-0.39, 0.29) is 23.3 Å². The summed E-state index contributed by atoms with van der Waals surface area (Å²) in [7, 11) is 1.93. The Morgan fingerprint density at radius 3 is 2.59 bits per heavy atom. The van der Waals surface area contributed by atoms with Gasteiger partial charge in [-0.05, 0) is 57.6 Å². The number of primary amides is 1. The van der Waals surface area contributed by atoms with E-state index < -0.39 is 23.6 Å². The van der Waals surface area contributed by atoms with Crippen LogP contribution in [0.25, 0.3) is 5.57 Å². The lowest BCUT2D eigenvalue weighted by Gasteiger charge is -2.28. The molecule has 1 atom stereocenters.